The summed E-state index contributed by atoms with van der Waals surface area (Å²) in [5.74, 6) is 2.46. The average molecular weight is 299 g/mol. The fraction of sp³-hybridized carbons (Fsp3) is 0.944. The van der Waals surface area contributed by atoms with E-state index in [1.165, 1.54) is 0 Å². The molecule has 0 aromatic carbocycles. The molecule has 0 aromatic heterocycles. The number of hydrogen-bond donors (Lipinski definition) is 2. The molecular weight excluding hydrogens is 260 g/mol. The first-order valence-corrected chi connectivity index (χ1v) is 8.56. The molecule has 0 saturated carbocycles. The number of rotatable bonds is 9. The summed E-state index contributed by atoms with van der Waals surface area (Å²) in [7, 11) is 0. The van der Waals surface area contributed by atoms with Gasteiger partial charge in [-0.15, -0.1) is 0 Å². The summed E-state index contributed by atoms with van der Waals surface area (Å²) in [5, 5.41) is 3.12. The normalized spacial score (nSPS) is 14.0. The van der Waals surface area contributed by atoms with Gasteiger partial charge in [0.2, 0.25) is 5.91 Å². The monoisotopic (exact) mass is 298 g/mol. The van der Waals surface area contributed by atoms with Gasteiger partial charge in [-0.1, -0.05) is 48.5 Å². The third kappa shape index (κ3) is 8.45. The van der Waals surface area contributed by atoms with E-state index in [-0.39, 0.29) is 11.3 Å². The summed E-state index contributed by atoms with van der Waals surface area (Å²) in [5.41, 5.74) is 5.92. The molecule has 0 aliphatic heterocycles. The van der Waals surface area contributed by atoms with Gasteiger partial charge in [0, 0.05) is 13.0 Å². The van der Waals surface area contributed by atoms with Crippen LogP contribution in [0.2, 0.25) is 0 Å². The van der Waals surface area contributed by atoms with Crippen LogP contribution in [0.1, 0.15) is 67.7 Å². The Balaban J connectivity index is 4.25. The molecule has 0 bridgehead atoms. The fourth-order valence-electron chi connectivity index (χ4n) is 3.08. The molecular formula is C18H38N2O. The summed E-state index contributed by atoms with van der Waals surface area (Å²) >= 11 is 0. The lowest BCUT2D eigenvalue weighted by molar-refractivity contribution is -0.121. The summed E-state index contributed by atoms with van der Waals surface area (Å²) < 4.78 is 0. The van der Waals surface area contributed by atoms with E-state index in [9.17, 15) is 4.79 Å². The predicted octanol–water partition coefficient (Wildman–Crippen LogP) is 3.82. The van der Waals surface area contributed by atoms with Crippen LogP contribution < -0.4 is 11.1 Å². The molecule has 0 saturated heterocycles. The van der Waals surface area contributed by atoms with E-state index in [2.05, 4.69) is 53.8 Å². The van der Waals surface area contributed by atoms with Crippen molar-refractivity contribution in [1.29, 1.82) is 0 Å². The number of carbonyl (C=O) groups is 1. The summed E-state index contributed by atoms with van der Waals surface area (Å²) in [4.78, 5) is 12.1. The van der Waals surface area contributed by atoms with Crippen LogP contribution in [0.25, 0.3) is 0 Å². The van der Waals surface area contributed by atoms with Crippen LogP contribution in [0, 0.1) is 29.1 Å². The average Bonchev–Trinajstić information content (AvgIpc) is 2.32. The van der Waals surface area contributed by atoms with Crippen LogP contribution in [0.3, 0.4) is 0 Å². The molecule has 1 unspecified atom stereocenters. The first-order valence-electron chi connectivity index (χ1n) is 8.56. The highest BCUT2D eigenvalue weighted by atomic mass is 16.1. The molecule has 0 heterocycles. The number of amides is 1. The number of nitrogens with two attached hydrogens (primary N) is 1. The van der Waals surface area contributed by atoms with Crippen LogP contribution in [0.4, 0.5) is 0 Å². The SMILES string of the molecule is CC(C)C(CNC(=O)CCC(CCN)C(C)(C)C)C(C)C. The molecule has 0 aliphatic carbocycles. The van der Waals surface area contributed by atoms with Crippen molar-refractivity contribution in [3.05, 3.63) is 0 Å². The van der Waals surface area contributed by atoms with Gasteiger partial charge in [-0.2, -0.15) is 0 Å². The Labute approximate surface area is 132 Å². The van der Waals surface area contributed by atoms with Gasteiger partial charge >= 0.3 is 0 Å². The Hall–Kier alpha value is -0.570. The number of hydrogen-bond acceptors (Lipinski definition) is 2. The molecule has 0 fully saturated rings. The van der Waals surface area contributed by atoms with Gasteiger partial charge in [-0.3, -0.25) is 4.79 Å². The quantitative estimate of drug-likeness (QED) is 0.680. The molecule has 0 radical (unpaired) electrons. The minimum atomic E-state index is 0.188. The van der Waals surface area contributed by atoms with Crippen molar-refractivity contribution in [3.63, 3.8) is 0 Å². The van der Waals surface area contributed by atoms with E-state index in [0.717, 1.165) is 19.4 Å². The largest absolute Gasteiger partial charge is 0.356 e. The molecule has 0 aromatic rings. The van der Waals surface area contributed by atoms with E-state index < -0.39 is 0 Å². The topological polar surface area (TPSA) is 55.1 Å². The van der Waals surface area contributed by atoms with Gasteiger partial charge in [0.05, 0.1) is 0 Å². The van der Waals surface area contributed by atoms with Crippen LogP contribution in [-0.4, -0.2) is 19.0 Å². The minimum absolute atomic E-state index is 0.188. The molecule has 1 amide bonds. The second-order valence-electron chi connectivity index (χ2n) is 8.13. The molecule has 1 atom stereocenters. The van der Waals surface area contributed by atoms with E-state index in [1.54, 1.807) is 0 Å². The Bertz CT molecular complexity index is 284. The summed E-state index contributed by atoms with van der Waals surface area (Å²) in [6.45, 7) is 17.1. The van der Waals surface area contributed by atoms with Crippen molar-refractivity contribution in [2.75, 3.05) is 13.1 Å². The molecule has 0 rings (SSSR count). The standard InChI is InChI=1S/C18H38N2O/c1-13(2)16(14(3)4)12-20-17(21)9-8-15(10-11-19)18(5,6)7/h13-16H,8-12,19H2,1-7H3,(H,20,21). The number of carbonyl (C=O) groups excluding carboxylic acids is 1. The Morgan fingerprint density at radius 1 is 1.05 bits per heavy atom. The van der Waals surface area contributed by atoms with Crippen molar-refractivity contribution in [1.82, 2.24) is 5.32 Å². The van der Waals surface area contributed by atoms with Crippen molar-refractivity contribution in [3.8, 4) is 0 Å². The van der Waals surface area contributed by atoms with E-state index in [4.69, 9.17) is 5.73 Å². The smallest absolute Gasteiger partial charge is 0.220 e. The second kappa shape index (κ2) is 9.45. The van der Waals surface area contributed by atoms with E-state index in [0.29, 0.717) is 36.6 Å². The highest BCUT2D eigenvalue weighted by Gasteiger charge is 2.24. The Morgan fingerprint density at radius 3 is 1.95 bits per heavy atom. The van der Waals surface area contributed by atoms with Gasteiger partial charge in [-0.05, 0) is 48.5 Å². The molecule has 126 valence electrons. The lowest BCUT2D eigenvalue weighted by Crippen LogP contribution is -2.34. The van der Waals surface area contributed by atoms with Gasteiger partial charge in [0.15, 0.2) is 0 Å². The lowest BCUT2D eigenvalue weighted by Gasteiger charge is -2.30. The zero-order valence-electron chi connectivity index (χ0n) is 15.3. The zero-order valence-corrected chi connectivity index (χ0v) is 15.3. The van der Waals surface area contributed by atoms with Crippen LogP contribution in [0.5, 0.6) is 0 Å². The van der Waals surface area contributed by atoms with Gasteiger partial charge in [-0.25, -0.2) is 0 Å². The van der Waals surface area contributed by atoms with E-state index in [1.807, 2.05) is 0 Å². The molecule has 0 aliphatic rings. The van der Waals surface area contributed by atoms with Gasteiger partial charge < -0.3 is 11.1 Å². The van der Waals surface area contributed by atoms with Crippen molar-refractivity contribution in [2.24, 2.45) is 34.8 Å². The third-order valence-corrected chi connectivity index (χ3v) is 4.71. The molecule has 3 nitrogen and oxygen atoms in total. The second-order valence-corrected chi connectivity index (χ2v) is 8.13. The van der Waals surface area contributed by atoms with Gasteiger partial charge in [0.1, 0.15) is 0 Å². The zero-order chi connectivity index (χ0) is 16.6. The summed E-state index contributed by atoms with van der Waals surface area (Å²) in [6.07, 6.45) is 2.54. The highest BCUT2D eigenvalue weighted by Crippen LogP contribution is 2.32. The molecule has 3 heteroatoms. The maximum Gasteiger partial charge on any atom is 0.220 e. The van der Waals surface area contributed by atoms with Crippen molar-refractivity contribution >= 4 is 5.91 Å². The lowest BCUT2D eigenvalue weighted by atomic mass is 9.76. The maximum absolute atomic E-state index is 12.1. The first kappa shape index (κ1) is 20.4. The van der Waals surface area contributed by atoms with Crippen molar-refractivity contribution in [2.45, 2.75) is 67.7 Å². The number of nitrogens with one attached hydrogen (secondary N) is 1. The molecule has 0 spiro atoms. The van der Waals surface area contributed by atoms with Crippen molar-refractivity contribution < 1.29 is 4.79 Å². The third-order valence-electron chi connectivity index (χ3n) is 4.71. The molecule has 21 heavy (non-hydrogen) atoms. The first-order chi connectivity index (χ1) is 9.59. The maximum atomic E-state index is 12.1. The minimum Gasteiger partial charge on any atom is -0.356 e. The summed E-state index contributed by atoms with van der Waals surface area (Å²) in [6, 6.07) is 0. The van der Waals surface area contributed by atoms with Gasteiger partial charge in [0.25, 0.3) is 0 Å². The van der Waals surface area contributed by atoms with E-state index >= 15 is 0 Å². The predicted molar refractivity (Wildman–Crippen MR) is 92.0 cm³/mol. The highest BCUT2D eigenvalue weighted by molar-refractivity contribution is 5.75. The fourth-order valence-corrected chi connectivity index (χ4v) is 3.08. The van der Waals surface area contributed by atoms with Crippen LogP contribution >= 0.6 is 0 Å². The Kier molecular flexibility index (Phi) is 9.19. The molecule has 3 N–H and O–H groups in total. The van der Waals surface area contributed by atoms with Crippen LogP contribution in [0.15, 0.2) is 0 Å². The Morgan fingerprint density at radius 2 is 1.57 bits per heavy atom. The van der Waals surface area contributed by atoms with Crippen LogP contribution in [-0.2, 0) is 4.79 Å².